The lowest BCUT2D eigenvalue weighted by Crippen LogP contribution is -2.27. The molecule has 130 valence electrons. The van der Waals surface area contributed by atoms with Crippen molar-refractivity contribution in [2.45, 2.75) is 25.8 Å². The topological polar surface area (TPSA) is 49.4 Å². The molecule has 2 amide bonds. The van der Waals surface area contributed by atoms with E-state index in [1.165, 1.54) is 6.07 Å². The number of rotatable bonds is 6. The van der Waals surface area contributed by atoms with Crippen molar-refractivity contribution in [1.82, 2.24) is 10.2 Å². The average Bonchev–Trinajstić information content (AvgIpc) is 3.01. The normalized spacial score (nSPS) is 14.0. The van der Waals surface area contributed by atoms with Gasteiger partial charge in [-0.2, -0.15) is 0 Å². The van der Waals surface area contributed by atoms with E-state index >= 15 is 0 Å². The number of hydrogen-bond acceptors (Lipinski definition) is 2. The van der Waals surface area contributed by atoms with Gasteiger partial charge in [0.05, 0.1) is 0 Å². The van der Waals surface area contributed by atoms with E-state index < -0.39 is 0 Å². The standard InChI is InChI=1S/C20H21FN2O2/c21-18-8-2-1-6-16(18)10-11-22-20(25)17-7-3-5-15(13-17)14-23-12-4-9-19(23)24/h1-3,5-8,13H,4,9-12,14H2,(H,22,25). The van der Waals surface area contributed by atoms with Crippen LogP contribution in [0.1, 0.15) is 34.3 Å². The molecular formula is C20H21FN2O2. The highest BCUT2D eigenvalue weighted by Gasteiger charge is 2.20. The Morgan fingerprint density at radius 1 is 1.16 bits per heavy atom. The second-order valence-electron chi connectivity index (χ2n) is 6.22. The molecule has 1 saturated heterocycles. The first-order valence-electron chi connectivity index (χ1n) is 8.52. The van der Waals surface area contributed by atoms with Gasteiger partial charge in [0, 0.05) is 31.6 Å². The maximum absolute atomic E-state index is 13.6. The Hall–Kier alpha value is -2.69. The molecule has 2 aromatic carbocycles. The second-order valence-corrected chi connectivity index (χ2v) is 6.22. The van der Waals surface area contributed by atoms with Gasteiger partial charge in [-0.25, -0.2) is 4.39 Å². The molecule has 1 N–H and O–H groups in total. The molecular weight excluding hydrogens is 319 g/mol. The molecule has 1 aliphatic rings. The summed E-state index contributed by atoms with van der Waals surface area (Å²) >= 11 is 0. The molecule has 1 fully saturated rings. The number of nitrogens with zero attached hydrogens (tertiary/aromatic N) is 1. The van der Waals surface area contributed by atoms with E-state index in [1.807, 2.05) is 23.1 Å². The fourth-order valence-electron chi connectivity index (χ4n) is 3.02. The van der Waals surface area contributed by atoms with Crippen LogP contribution in [-0.2, 0) is 17.8 Å². The minimum Gasteiger partial charge on any atom is -0.352 e. The molecule has 0 unspecified atom stereocenters. The molecule has 1 aliphatic heterocycles. The van der Waals surface area contributed by atoms with Crippen LogP contribution in [-0.4, -0.2) is 29.8 Å². The highest BCUT2D eigenvalue weighted by Crippen LogP contribution is 2.15. The van der Waals surface area contributed by atoms with Gasteiger partial charge in [0.25, 0.3) is 5.91 Å². The van der Waals surface area contributed by atoms with Crippen molar-refractivity contribution in [1.29, 1.82) is 0 Å². The highest BCUT2D eigenvalue weighted by molar-refractivity contribution is 5.94. The number of carbonyl (C=O) groups is 2. The summed E-state index contributed by atoms with van der Waals surface area (Å²) in [4.78, 5) is 25.8. The fourth-order valence-corrected chi connectivity index (χ4v) is 3.02. The summed E-state index contributed by atoms with van der Waals surface area (Å²) < 4.78 is 13.6. The molecule has 25 heavy (non-hydrogen) atoms. The van der Waals surface area contributed by atoms with Gasteiger partial charge in [-0.1, -0.05) is 30.3 Å². The molecule has 0 spiro atoms. The van der Waals surface area contributed by atoms with Crippen molar-refractivity contribution in [3.8, 4) is 0 Å². The van der Waals surface area contributed by atoms with Crippen LogP contribution in [0.5, 0.6) is 0 Å². The quantitative estimate of drug-likeness (QED) is 0.879. The summed E-state index contributed by atoms with van der Waals surface area (Å²) in [6, 6.07) is 13.9. The Kier molecular flexibility index (Phi) is 5.43. The molecule has 0 atom stereocenters. The van der Waals surface area contributed by atoms with Crippen molar-refractivity contribution in [2.75, 3.05) is 13.1 Å². The Labute approximate surface area is 146 Å². The number of halogens is 1. The molecule has 0 aromatic heterocycles. The molecule has 1 heterocycles. The molecule has 3 rings (SSSR count). The monoisotopic (exact) mass is 340 g/mol. The van der Waals surface area contributed by atoms with Crippen LogP contribution in [0.25, 0.3) is 0 Å². The van der Waals surface area contributed by atoms with Gasteiger partial charge in [0.15, 0.2) is 0 Å². The third-order valence-corrected chi connectivity index (χ3v) is 4.37. The van der Waals surface area contributed by atoms with Crippen molar-refractivity contribution < 1.29 is 14.0 Å². The first-order valence-corrected chi connectivity index (χ1v) is 8.52. The largest absolute Gasteiger partial charge is 0.352 e. The summed E-state index contributed by atoms with van der Waals surface area (Å²) in [5.41, 5.74) is 2.08. The van der Waals surface area contributed by atoms with Crippen molar-refractivity contribution in [2.24, 2.45) is 0 Å². The molecule has 0 radical (unpaired) electrons. The summed E-state index contributed by atoms with van der Waals surface area (Å²) in [5.74, 6) is -0.278. The Bertz CT molecular complexity index is 776. The van der Waals surface area contributed by atoms with Crippen molar-refractivity contribution in [3.63, 3.8) is 0 Å². The lowest BCUT2D eigenvalue weighted by Gasteiger charge is -2.16. The SMILES string of the molecule is O=C(NCCc1ccccc1F)c1cccc(CN2CCCC2=O)c1. The minimum atomic E-state index is -0.256. The van der Waals surface area contributed by atoms with Crippen LogP contribution in [0.2, 0.25) is 0 Å². The predicted molar refractivity (Wildman–Crippen MR) is 93.5 cm³/mol. The third-order valence-electron chi connectivity index (χ3n) is 4.37. The lowest BCUT2D eigenvalue weighted by molar-refractivity contribution is -0.128. The van der Waals surface area contributed by atoms with Gasteiger partial charge >= 0.3 is 0 Å². The van der Waals surface area contributed by atoms with E-state index in [0.717, 1.165) is 18.5 Å². The van der Waals surface area contributed by atoms with Gasteiger partial charge in [0.1, 0.15) is 5.82 Å². The minimum absolute atomic E-state index is 0.166. The first-order chi connectivity index (χ1) is 12.1. The van der Waals surface area contributed by atoms with Gasteiger partial charge < -0.3 is 10.2 Å². The zero-order valence-corrected chi connectivity index (χ0v) is 14.0. The van der Waals surface area contributed by atoms with E-state index in [4.69, 9.17) is 0 Å². The predicted octanol–water partition coefficient (Wildman–Crippen LogP) is 2.92. The third kappa shape index (κ3) is 4.44. The van der Waals surface area contributed by atoms with E-state index in [-0.39, 0.29) is 17.6 Å². The summed E-state index contributed by atoms with van der Waals surface area (Å²) in [5, 5.41) is 2.82. The Morgan fingerprint density at radius 2 is 2.00 bits per heavy atom. The number of likely N-dealkylation sites (tertiary alicyclic amines) is 1. The van der Waals surface area contributed by atoms with Crippen LogP contribution in [0.15, 0.2) is 48.5 Å². The molecule has 5 heteroatoms. The van der Waals surface area contributed by atoms with Crippen molar-refractivity contribution in [3.05, 3.63) is 71.0 Å². The number of benzene rings is 2. The summed E-state index contributed by atoms with van der Waals surface area (Å²) in [6.45, 7) is 1.68. The molecule has 4 nitrogen and oxygen atoms in total. The molecule has 0 aliphatic carbocycles. The van der Waals surface area contributed by atoms with Gasteiger partial charge in [-0.3, -0.25) is 9.59 Å². The molecule has 2 aromatic rings. The van der Waals surface area contributed by atoms with E-state index in [2.05, 4.69) is 5.32 Å². The zero-order valence-electron chi connectivity index (χ0n) is 14.0. The maximum atomic E-state index is 13.6. The lowest BCUT2D eigenvalue weighted by atomic mass is 10.1. The van der Waals surface area contributed by atoms with E-state index in [0.29, 0.717) is 37.1 Å². The van der Waals surface area contributed by atoms with Crippen LogP contribution >= 0.6 is 0 Å². The van der Waals surface area contributed by atoms with E-state index in [9.17, 15) is 14.0 Å². The number of nitrogens with one attached hydrogen (secondary N) is 1. The summed E-state index contributed by atoms with van der Waals surface area (Å²) in [6.07, 6.45) is 1.95. The Balaban J connectivity index is 1.56. The van der Waals surface area contributed by atoms with Crippen molar-refractivity contribution >= 4 is 11.8 Å². The van der Waals surface area contributed by atoms with Crippen LogP contribution < -0.4 is 5.32 Å². The zero-order chi connectivity index (χ0) is 17.6. The van der Waals surface area contributed by atoms with Gasteiger partial charge in [-0.15, -0.1) is 0 Å². The molecule has 0 saturated carbocycles. The van der Waals surface area contributed by atoms with Crippen LogP contribution in [0, 0.1) is 5.82 Å². The van der Waals surface area contributed by atoms with Gasteiger partial charge in [-0.05, 0) is 42.2 Å². The molecule has 0 bridgehead atoms. The van der Waals surface area contributed by atoms with E-state index in [1.54, 1.807) is 24.3 Å². The smallest absolute Gasteiger partial charge is 0.251 e. The van der Waals surface area contributed by atoms with Crippen LogP contribution in [0.4, 0.5) is 4.39 Å². The summed E-state index contributed by atoms with van der Waals surface area (Å²) in [7, 11) is 0. The highest BCUT2D eigenvalue weighted by atomic mass is 19.1. The first kappa shape index (κ1) is 17.1. The van der Waals surface area contributed by atoms with Crippen LogP contribution in [0.3, 0.4) is 0 Å². The number of amides is 2. The maximum Gasteiger partial charge on any atom is 0.251 e. The fraction of sp³-hybridized carbons (Fsp3) is 0.300. The van der Waals surface area contributed by atoms with Gasteiger partial charge in [0.2, 0.25) is 5.91 Å². The Morgan fingerprint density at radius 3 is 2.76 bits per heavy atom. The number of hydrogen-bond donors (Lipinski definition) is 1. The number of carbonyl (C=O) groups excluding carboxylic acids is 2. The average molecular weight is 340 g/mol. The second kappa shape index (κ2) is 7.92.